The summed E-state index contributed by atoms with van der Waals surface area (Å²) in [6.45, 7) is 0. The fraction of sp³-hybridized carbons (Fsp3) is 0.381. The molecule has 3 unspecified atom stereocenters. The molecule has 0 aromatic heterocycles. The molecule has 2 aromatic rings. The van der Waals surface area contributed by atoms with Crippen molar-refractivity contribution in [3.8, 4) is 5.75 Å². The van der Waals surface area contributed by atoms with Gasteiger partial charge < -0.3 is 9.84 Å². The summed E-state index contributed by atoms with van der Waals surface area (Å²) in [6, 6.07) is 8.33. The normalized spacial score (nSPS) is 22.6. The Kier molecular flexibility index (Phi) is 5.47. The quantitative estimate of drug-likeness (QED) is 0.693. The number of carbonyl (C=O) groups is 1. The lowest BCUT2D eigenvalue weighted by Crippen LogP contribution is -2.37. The molecule has 1 aliphatic carbocycles. The van der Waals surface area contributed by atoms with Crippen LogP contribution in [-0.4, -0.2) is 31.6 Å². The third kappa shape index (κ3) is 4.27. The summed E-state index contributed by atoms with van der Waals surface area (Å²) in [7, 11) is -4.03. The van der Waals surface area contributed by atoms with Crippen LogP contribution in [0.3, 0.4) is 0 Å². The van der Waals surface area contributed by atoms with E-state index in [0.717, 1.165) is 35.4 Å². The second kappa shape index (κ2) is 7.83. The van der Waals surface area contributed by atoms with Gasteiger partial charge in [0.25, 0.3) is 0 Å². The van der Waals surface area contributed by atoms with Gasteiger partial charge in [-0.05, 0) is 49.1 Å². The zero-order chi connectivity index (χ0) is 22.4. The molecule has 0 spiro atoms. The Hall–Kier alpha value is -2.59. The van der Waals surface area contributed by atoms with Gasteiger partial charge in [-0.15, -0.1) is 0 Å². The molecule has 0 amide bonds. The standard InChI is InChI=1S/C21H20F3NO5S/c22-21(23,24)13-5-7-14(8-6-13)31(28,29)25-16-9-10-17-19(16)15-3-1-2-12(20(15)30-17)4-11-18(26)27/h1-3,5-8,16-17,19,25H,4,9-11H2,(H,26,27). The molecule has 2 aromatic carbocycles. The lowest BCUT2D eigenvalue weighted by atomic mass is 9.92. The Morgan fingerprint density at radius 2 is 1.84 bits per heavy atom. The minimum absolute atomic E-state index is 0.0425. The van der Waals surface area contributed by atoms with E-state index in [1.54, 1.807) is 12.1 Å². The highest BCUT2D eigenvalue weighted by Gasteiger charge is 2.46. The lowest BCUT2D eigenvalue weighted by Gasteiger charge is -2.20. The summed E-state index contributed by atoms with van der Waals surface area (Å²) < 4.78 is 72.5. The summed E-state index contributed by atoms with van der Waals surface area (Å²) in [5.41, 5.74) is 0.670. The maximum Gasteiger partial charge on any atom is 0.416 e. The number of hydrogen-bond donors (Lipinski definition) is 2. The summed E-state index contributed by atoms with van der Waals surface area (Å²) in [5.74, 6) is -0.556. The molecule has 2 aliphatic rings. The number of para-hydroxylation sites is 1. The first-order chi connectivity index (χ1) is 14.6. The predicted molar refractivity (Wildman–Crippen MR) is 104 cm³/mol. The molecule has 1 heterocycles. The number of sulfonamides is 1. The number of aliphatic carboxylic acids is 1. The average Bonchev–Trinajstić information content (AvgIpc) is 3.26. The zero-order valence-corrected chi connectivity index (χ0v) is 17.0. The molecule has 1 aliphatic heterocycles. The number of ether oxygens (including phenoxy) is 1. The zero-order valence-electron chi connectivity index (χ0n) is 16.2. The number of carboxylic acid groups (broad SMARTS) is 1. The fourth-order valence-corrected chi connectivity index (χ4v) is 5.63. The second-order valence-electron chi connectivity index (χ2n) is 7.74. The lowest BCUT2D eigenvalue weighted by molar-refractivity contribution is -0.138. The topological polar surface area (TPSA) is 92.7 Å². The van der Waals surface area contributed by atoms with Crippen molar-refractivity contribution in [1.29, 1.82) is 0 Å². The summed E-state index contributed by atoms with van der Waals surface area (Å²) in [5, 5.41) is 8.94. The number of hydrogen-bond acceptors (Lipinski definition) is 4. The van der Waals surface area contributed by atoms with Crippen molar-refractivity contribution in [2.75, 3.05) is 0 Å². The van der Waals surface area contributed by atoms with E-state index in [1.165, 1.54) is 0 Å². The van der Waals surface area contributed by atoms with Crippen molar-refractivity contribution < 1.29 is 36.2 Å². The van der Waals surface area contributed by atoms with Gasteiger partial charge in [-0.3, -0.25) is 4.79 Å². The van der Waals surface area contributed by atoms with Gasteiger partial charge >= 0.3 is 12.1 Å². The van der Waals surface area contributed by atoms with Crippen molar-refractivity contribution >= 4 is 16.0 Å². The number of rotatable bonds is 6. The van der Waals surface area contributed by atoms with Crippen LogP contribution in [0.2, 0.25) is 0 Å². The SMILES string of the molecule is O=C(O)CCc1cccc2c1OC1CCC(NS(=O)(=O)c3ccc(C(F)(F)F)cc3)C21. The average molecular weight is 455 g/mol. The van der Waals surface area contributed by atoms with Crippen LogP contribution in [0, 0.1) is 0 Å². The van der Waals surface area contributed by atoms with E-state index < -0.39 is 33.8 Å². The second-order valence-corrected chi connectivity index (χ2v) is 9.45. The van der Waals surface area contributed by atoms with Crippen LogP contribution < -0.4 is 9.46 Å². The van der Waals surface area contributed by atoms with Gasteiger partial charge in [0, 0.05) is 23.9 Å². The number of halogens is 3. The molecule has 31 heavy (non-hydrogen) atoms. The first-order valence-electron chi connectivity index (χ1n) is 9.76. The predicted octanol–water partition coefficient (Wildman–Crippen LogP) is 3.71. The van der Waals surface area contributed by atoms with Crippen LogP contribution in [0.4, 0.5) is 13.2 Å². The van der Waals surface area contributed by atoms with Crippen LogP contribution in [0.1, 0.15) is 41.9 Å². The van der Waals surface area contributed by atoms with Gasteiger partial charge in [-0.25, -0.2) is 13.1 Å². The number of fused-ring (bicyclic) bond motifs is 3. The molecule has 2 N–H and O–H groups in total. The molecule has 3 atom stereocenters. The van der Waals surface area contributed by atoms with Gasteiger partial charge in [-0.2, -0.15) is 13.2 Å². The molecule has 6 nitrogen and oxygen atoms in total. The van der Waals surface area contributed by atoms with E-state index in [9.17, 15) is 26.4 Å². The third-order valence-electron chi connectivity index (χ3n) is 5.76. The number of carboxylic acids is 1. The molecule has 4 rings (SSSR count). The number of aryl methyl sites for hydroxylation is 1. The summed E-state index contributed by atoms with van der Waals surface area (Å²) in [4.78, 5) is 10.7. The highest BCUT2D eigenvalue weighted by Crippen LogP contribution is 2.49. The minimum atomic E-state index is -4.54. The minimum Gasteiger partial charge on any atom is -0.489 e. The number of benzene rings is 2. The molecular formula is C21H20F3NO5S. The van der Waals surface area contributed by atoms with Crippen LogP contribution in [0.5, 0.6) is 5.75 Å². The molecule has 0 radical (unpaired) electrons. The first kappa shape index (κ1) is 21.6. The van der Waals surface area contributed by atoms with E-state index in [0.29, 0.717) is 25.0 Å². The summed E-state index contributed by atoms with van der Waals surface area (Å²) in [6.07, 6.45) is -3.39. The third-order valence-corrected chi connectivity index (χ3v) is 7.26. The van der Waals surface area contributed by atoms with Crippen molar-refractivity contribution in [1.82, 2.24) is 4.72 Å². The van der Waals surface area contributed by atoms with Crippen molar-refractivity contribution in [2.24, 2.45) is 0 Å². The van der Waals surface area contributed by atoms with Gasteiger partial charge in [0.15, 0.2) is 0 Å². The van der Waals surface area contributed by atoms with Gasteiger partial charge in [0.2, 0.25) is 10.0 Å². The molecule has 10 heteroatoms. The van der Waals surface area contributed by atoms with E-state index in [2.05, 4.69) is 4.72 Å². The smallest absolute Gasteiger partial charge is 0.416 e. The van der Waals surface area contributed by atoms with Gasteiger partial charge in [-0.1, -0.05) is 18.2 Å². The molecule has 1 saturated carbocycles. The molecule has 1 fully saturated rings. The van der Waals surface area contributed by atoms with E-state index >= 15 is 0 Å². The molecule has 0 saturated heterocycles. The number of alkyl halides is 3. The van der Waals surface area contributed by atoms with E-state index in [1.807, 2.05) is 6.07 Å². The first-order valence-corrected chi connectivity index (χ1v) is 11.2. The molecular weight excluding hydrogens is 435 g/mol. The summed E-state index contributed by atoms with van der Waals surface area (Å²) >= 11 is 0. The van der Waals surface area contributed by atoms with E-state index in [-0.39, 0.29) is 23.3 Å². The maximum atomic E-state index is 12.8. The Morgan fingerprint density at radius 1 is 1.13 bits per heavy atom. The van der Waals surface area contributed by atoms with Crippen LogP contribution in [-0.2, 0) is 27.4 Å². The largest absolute Gasteiger partial charge is 0.489 e. The molecule has 0 bridgehead atoms. The Balaban J connectivity index is 1.55. The highest BCUT2D eigenvalue weighted by atomic mass is 32.2. The Bertz CT molecular complexity index is 1100. The Morgan fingerprint density at radius 3 is 2.48 bits per heavy atom. The van der Waals surface area contributed by atoms with Crippen molar-refractivity contribution in [3.63, 3.8) is 0 Å². The van der Waals surface area contributed by atoms with Gasteiger partial charge in [0.1, 0.15) is 11.9 Å². The highest BCUT2D eigenvalue weighted by molar-refractivity contribution is 7.89. The maximum absolute atomic E-state index is 12.8. The Labute approximate surface area is 177 Å². The molecule has 166 valence electrons. The van der Waals surface area contributed by atoms with E-state index in [4.69, 9.17) is 9.84 Å². The van der Waals surface area contributed by atoms with Crippen LogP contribution >= 0.6 is 0 Å². The fourth-order valence-electron chi connectivity index (χ4n) is 4.33. The van der Waals surface area contributed by atoms with Crippen LogP contribution in [0.15, 0.2) is 47.4 Å². The number of nitrogens with one attached hydrogen (secondary N) is 1. The van der Waals surface area contributed by atoms with Crippen molar-refractivity contribution in [2.45, 2.75) is 54.8 Å². The van der Waals surface area contributed by atoms with Gasteiger partial charge in [0.05, 0.1) is 10.5 Å². The van der Waals surface area contributed by atoms with Crippen molar-refractivity contribution in [3.05, 3.63) is 59.2 Å². The van der Waals surface area contributed by atoms with Crippen LogP contribution in [0.25, 0.3) is 0 Å². The monoisotopic (exact) mass is 455 g/mol.